The van der Waals surface area contributed by atoms with E-state index in [4.69, 9.17) is 4.99 Å². The number of anilines is 1. The van der Waals surface area contributed by atoms with Crippen molar-refractivity contribution in [3.05, 3.63) is 42.5 Å². The molecule has 3 rings (SSSR count). The number of aliphatic hydroxyl groups is 1. The highest BCUT2D eigenvalue weighted by atomic mass is 16.3. The Morgan fingerprint density at radius 3 is 2.30 bits per heavy atom. The van der Waals surface area contributed by atoms with Gasteiger partial charge in [-0.3, -0.25) is 4.99 Å². The summed E-state index contributed by atoms with van der Waals surface area (Å²) in [5.41, 5.74) is 0.225. The van der Waals surface area contributed by atoms with E-state index < -0.39 is 5.60 Å². The van der Waals surface area contributed by atoms with Gasteiger partial charge in [-0.15, -0.1) is 0 Å². The highest BCUT2D eigenvalue weighted by Crippen LogP contribution is 2.35. The second kappa shape index (κ2) is 5.34. The standard InChI is InChI=1S/C20H26N2O/c1-19(2,3)17-13-22(18(21-17)20(4,5)23)16-12-8-10-14-9-6-7-11-15(14)16/h6-12,17,23H,13H2,1-5H3/t17-/m1/s1. The molecule has 1 aliphatic heterocycles. The molecule has 1 N–H and O–H groups in total. The Hall–Kier alpha value is -1.87. The normalized spacial score (nSPS) is 19.3. The van der Waals surface area contributed by atoms with Gasteiger partial charge >= 0.3 is 0 Å². The number of benzene rings is 2. The lowest BCUT2D eigenvalue weighted by Gasteiger charge is -2.30. The topological polar surface area (TPSA) is 35.8 Å². The van der Waals surface area contributed by atoms with Crippen LogP contribution in [0, 0.1) is 5.41 Å². The Balaban J connectivity index is 2.12. The first-order chi connectivity index (χ1) is 10.7. The molecule has 1 aliphatic rings. The van der Waals surface area contributed by atoms with Crippen LogP contribution in [0.4, 0.5) is 5.69 Å². The molecule has 0 fully saturated rings. The number of amidine groups is 1. The second-order valence-electron chi connectivity index (χ2n) is 8.00. The maximum Gasteiger partial charge on any atom is 0.136 e. The molecular weight excluding hydrogens is 284 g/mol. The first-order valence-corrected chi connectivity index (χ1v) is 8.24. The zero-order chi connectivity index (χ0) is 16.8. The maximum atomic E-state index is 10.6. The number of hydrogen-bond donors (Lipinski definition) is 1. The number of hydrogen-bond acceptors (Lipinski definition) is 3. The highest BCUT2D eigenvalue weighted by Gasteiger charge is 2.39. The van der Waals surface area contributed by atoms with Crippen LogP contribution in [0.2, 0.25) is 0 Å². The smallest absolute Gasteiger partial charge is 0.136 e. The fourth-order valence-corrected chi connectivity index (χ4v) is 3.13. The lowest BCUT2D eigenvalue weighted by Crippen LogP contribution is -2.43. The van der Waals surface area contributed by atoms with Crippen LogP contribution < -0.4 is 4.90 Å². The lowest BCUT2D eigenvalue weighted by atomic mass is 9.87. The Labute approximate surface area is 138 Å². The van der Waals surface area contributed by atoms with E-state index in [-0.39, 0.29) is 11.5 Å². The predicted molar refractivity (Wildman–Crippen MR) is 98.3 cm³/mol. The summed E-state index contributed by atoms with van der Waals surface area (Å²) in [5, 5.41) is 13.0. The molecule has 2 aromatic carbocycles. The van der Waals surface area contributed by atoms with E-state index in [0.717, 1.165) is 18.1 Å². The molecule has 0 unspecified atom stereocenters. The minimum Gasteiger partial charge on any atom is -0.383 e. The summed E-state index contributed by atoms with van der Waals surface area (Å²) in [6.07, 6.45) is 0. The monoisotopic (exact) mass is 310 g/mol. The molecule has 3 nitrogen and oxygen atoms in total. The van der Waals surface area contributed by atoms with Crippen molar-refractivity contribution >= 4 is 22.3 Å². The van der Waals surface area contributed by atoms with Crippen LogP contribution in [0.25, 0.3) is 10.8 Å². The number of nitrogens with zero attached hydrogens (tertiary/aromatic N) is 2. The van der Waals surface area contributed by atoms with Gasteiger partial charge in [0, 0.05) is 11.9 Å². The summed E-state index contributed by atoms with van der Waals surface area (Å²) in [6.45, 7) is 11.0. The van der Waals surface area contributed by atoms with Crippen molar-refractivity contribution in [2.24, 2.45) is 10.4 Å². The van der Waals surface area contributed by atoms with E-state index in [9.17, 15) is 5.11 Å². The van der Waals surface area contributed by atoms with Crippen molar-refractivity contribution in [2.45, 2.75) is 46.3 Å². The molecule has 0 aliphatic carbocycles. The van der Waals surface area contributed by atoms with Gasteiger partial charge in [0.2, 0.25) is 0 Å². The largest absolute Gasteiger partial charge is 0.383 e. The molecule has 0 spiro atoms. The van der Waals surface area contributed by atoms with Crippen LogP contribution >= 0.6 is 0 Å². The van der Waals surface area contributed by atoms with E-state index in [0.29, 0.717) is 0 Å². The molecule has 0 saturated heterocycles. The molecule has 0 saturated carbocycles. The van der Waals surface area contributed by atoms with Crippen LogP contribution in [0.1, 0.15) is 34.6 Å². The van der Waals surface area contributed by atoms with Gasteiger partial charge in [-0.05, 0) is 30.7 Å². The summed E-state index contributed by atoms with van der Waals surface area (Å²) in [6, 6.07) is 14.9. The number of rotatable bonds is 2. The first-order valence-electron chi connectivity index (χ1n) is 8.24. The third-order valence-electron chi connectivity index (χ3n) is 4.49. The fourth-order valence-electron chi connectivity index (χ4n) is 3.13. The minimum atomic E-state index is -0.961. The summed E-state index contributed by atoms with van der Waals surface area (Å²) >= 11 is 0. The average Bonchev–Trinajstić information content (AvgIpc) is 2.92. The van der Waals surface area contributed by atoms with Gasteiger partial charge in [-0.2, -0.15) is 0 Å². The van der Waals surface area contributed by atoms with Crippen molar-refractivity contribution in [3.63, 3.8) is 0 Å². The fraction of sp³-hybridized carbons (Fsp3) is 0.450. The van der Waals surface area contributed by atoms with E-state index in [1.807, 2.05) is 13.8 Å². The summed E-state index contributed by atoms with van der Waals surface area (Å²) in [4.78, 5) is 7.08. The predicted octanol–water partition coefficient (Wildman–Crippen LogP) is 4.24. The van der Waals surface area contributed by atoms with Crippen LogP contribution in [0.3, 0.4) is 0 Å². The Morgan fingerprint density at radius 1 is 1.00 bits per heavy atom. The van der Waals surface area contributed by atoms with Gasteiger partial charge in [-0.25, -0.2) is 0 Å². The molecule has 1 atom stereocenters. The molecule has 0 bridgehead atoms. The van der Waals surface area contributed by atoms with Crippen molar-refractivity contribution in [1.29, 1.82) is 0 Å². The molecule has 122 valence electrons. The van der Waals surface area contributed by atoms with E-state index in [2.05, 4.69) is 68.1 Å². The Morgan fingerprint density at radius 2 is 1.65 bits per heavy atom. The van der Waals surface area contributed by atoms with E-state index in [1.54, 1.807) is 0 Å². The third kappa shape index (κ3) is 2.98. The zero-order valence-corrected chi connectivity index (χ0v) is 14.7. The van der Waals surface area contributed by atoms with Gasteiger partial charge in [-0.1, -0.05) is 57.2 Å². The molecular formula is C20H26N2O. The first kappa shape index (κ1) is 16.0. The SMILES string of the molecule is CC(C)(O)C1=N[C@@H](C(C)(C)C)CN1c1cccc2ccccc12. The van der Waals surface area contributed by atoms with Crippen molar-refractivity contribution in [3.8, 4) is 0 Å². The third-order valence-corrected chi connectivity index (χ3v) is 4.49. The molecule has 1 heterocycles. The zero-order valence-electron chi connectivity index (χ0n) is 14.7. The van der Waals surface area contributed by atoms with Gasteiger partial charge in [0.05, 0.1) is 11.7 Å². The van der Waals surface area contributed by atoms with E-state index in [1.165, 1.54) is 10.8 Å². The Bertz CT molecular complexity index is 745. The van der Waals surface area contributed by atoms with Gasteiger partial charge < -0.3 is 10.0 Å². The Kier molecular flexibility index (Phi) is 3.72. The quantitative estimate of drug-likeness (QED) is 0.900. The summed E-state index contributed by atoms with van der Waals surface area (Å²) in [7, 11) is 0. The van der Waals surface area contributed by atoms with Crippen LogP contribution in [-0.4, -0.2) is 29.1 Å². The minimum absolute atomic E-state index is 0.0653. The van der Waals surface area contributed by atoms with Crippen molar-refractivity contribution in [1.82, 2.24) is 0 Å². The van der Waals surface area contributed by atoms with Gasteiger partial charge in [0.25, 0.3) is 0 Å². The van der Waals surface area contributed by atoms with Crippen molar-refractivity contribution in [2.75, 3.05) is 11.4 Å². The van der Waals surface area contributed by atoms with Crippen LogP contribution in [0.5, 0.6) is 0 Å². The molecule has 0 radical (unpaired) electrons. The molecule has 3 heteroatoms. The lowest BCUT2D eigenvalue weighted by molar-refractivity contribution is 0.152. The van der Waals surface area contributed by atoms with Crippen LogP contribution in [0.15, 0.2) is 47.5 Å². The second-order valence-corrected chi connectivity index (χ2v) is 8.00. The number of aliphatic imine (C=N–C) groups is 1. The van der Waals surface area contributed by atoms with E-state index >= 15 is 0 Å². The molecule has 0 amide bonds. The van der Waals surface area contributed by atoms with Crippen LogP contribution in [-0.2, 0) is 0 Å². The van der Waals surface area contributed by atoms with Crippen molar-refractivity contribution < 1.29 is 5.11 Å². The maximum absolute atomic E-state index is 10.6. The average molecular weight is 310 g/mol. The highest BCUT2D eigenvalue weighted by molar-refractivity contribution is 6.10. The molecule has 23 heavy (non-hydrogen) atoms. The van der Waals surface area contributed by atoms with Gasteiger partial charge in [0.1, 0.15) is 11.4 Å². The molecule has 2 aromatic rings. The summed E-state index contributed by atoms with van der Waals surface area (Å²) < 4.78 is 0. The van der Waals surface area contributed by atoms with Gasteiger partial charge in [0.15, 0.2) is 0 Å². The molecule has 0 aromatic heterocycles. The summed E-state index contributed by atoms with van der Waals surface area (Å²) in [5.74, 6) is 0.758. The number of fused-ring (bicyclic) bond motifs is 1.